The number of rotatable bonds is 8. The first-order valence-corrected chi connectivity index (χ1v) is 9.59. The first kappa shape index (κ1) is 22.9. The van der Waals surface area contributed by atoms with Gasteiger partial charge in [-0.1, -0.05) is 30.3 Å². The predicted octanol–water partition coefficient (Wildman–Crippen LogP) is -0.329. The third-order valence-corrected chi connectivity index (χ3v) is 4.56. The van der Waals surface area contributed by atoms with Crippen LogP contribution in [0.3, 0.4) is 0 Å². The van der Waals surface area contributed by atoms with Crippen molar-refractivity contribution in [2.24, 2.45) is 16.6 Å². The first-order chi connectivity index (χ1) is 14.4. The van der Waals surface area contributed by atoms with Gasteiger partial charge in [-0.2, -0.15) is 0 Å². The molecule has 2 rings (SSSR count). The van der Waals surface area contributed by atoms with E-state index in [1.165, 1.54) is 0 Å². The zero-order chi connectivity index (χ0) is 21.9. The molecule has 1 aliphatic rings. The van der Waals surface area contributed by atoms with Gasteiger partial charge in [-0.15, -0.1) is 0 Å². The number of amides is 2. The van der Waals surface area contributed by atoms with Crippen LogP contribution in [0.4, 0.5) is 4.79 Å². The molecule has 0 spiro atoms. The van der Waals surface area contributed by atoms with Gasteiger partial charge in [0.1, 0.15) is 11.7 Å². The van der Waals surface area contributed by atoms with Crippen LogP contribution in [-0.4, -0.2) is 71.6 Å². The zero-order valence-electron chi connectivity index (χ0n) is 16.6. The third kappa shape index (κ3) is 7.54. The number of nitro groups is 1. The van der Waals surface area contributed by atoms with E-state index < -0.39 is 17.2 Å². The Morgan fingerprint density at radius 3 is 2.47 bits per heavy atom. The van der Waals surface area contributed by atoms with Gasteiger partial charge in [0.15, 0.2) is 5.03 Å². The third-order valence-electron chi connectivity index (χ3n) is 4.56. The van der Waals surface area contributed by atoms with E-state index >= 15 is 0 Å². The van der Waals surface area contributed by atoms with E-state index in [2.05, 4.69) is 10.4 Å². The maximum Gasteiger partial charge on any atom is 0.410 e. The molecule has 0 aliphatic carbocycles. The molecule has 0 bridgehead atoms. The number of nitrogens with one attached hydrogen (secondary N) is 1. The first-order valence-electron chi connectivity index (χ1n) is 9.59. The fraction of sp³-hybridized carbons (Fsp3) is 0.500. The Morgan fingerprint density at radius 1 is 1.20 bits per heavy atom. The van der Waals surface area contributed by atoms with Crippen LogP contribution in [0.1, 0.15) is 18.4 Å². The number of ether oxygens (including phenoxy) is 1. The molecular weight excluding hydrogens is 394 g/mol. The molecule has 164 valence electrons. The minimum Gasteiger partial charge on any atom is -0.445 e. The van der Waals surface area contributed by atoms with Crippen LogP contribution in [0, 0.1) is 10.1 Å². The number of benzene rings is 1. The summed E-state index contributed by atoms with van der Waals surface area (Å²) in [4.78, 5) is 38.0. The van der Waals surface area contributed by atoms with Crippen molar-refractivity contribution in [3.8, 4) is 0 Å². The molecule has 0 unspecified atom stereocenters. The Labute approximate surface area is 174 Å². The van der Waals surface area contributed by atoms with Crippen LogP contribution in [0.25, 0.3) is 0 Å². The van der Waals surface area contributed by atoms with Gasteiger partial charge in [0.2, 0.25) is 5.91 Å². The highest BCUT2D eigenvalue weighted by atomic mass is 16.7. The molecule has 0 radical (unpaired) electrons. The molecular formula is C18H27N7O5. The van der Waals surface area contributed by atoms with Crippen LogP contribution in [0.2, 0.25) is 0 Å². The topological polar surface area (TPSA) is 169 Å². The lowest BCUT2D eigenvalue weighted by atomic mass is 10.1. The molecule has 2 amide bonds. The summed E-state index contributed by atoms with van der Waals surface area (Å²) < 4.78 is 5.31. The normalized spacial score (nSPS) is 15.4. The van der Waals surface area contributed by atoms with E-state index in [1.807, 2.05) is 30.3 Å². The lowest BCUT2D eigenvalue weighted by molar-refractivity contribution is -0.485. The fourth-order valence-corrected chi connectivity index (χ4v) is 2.94. The van der Waals surface area contributed by atoms with Crippen molar-refractivity contribution in [1.29, 1.82) is 0 Å². The Kier molecular flexibility index (Phi) is 8.81. The summed E-state index contributed by atoms with van der Waals surface area (Å²) in [5.74, 6) is -0.491. The molecule has 1 aliphatic heterocycles. The maximum absolute atomic E-state index is 12.5. The van der Waals surface area contributed by atoms with Gasteiger partial charge < -0.3 is 31.3 Å². The fourth-order valence-electron chi connectivity index (χ4n) is 2.94. The van der Waals surface area contributed by atoms with Crippen LogP contribution in [-0.2, 0) is 16.1 Å². The van der Waals surface area contributed by atoms with Gasteiger partial charge in [-0.05, 0) is 18.4 Å². The smallest absolute Gasteiger partial charge is 0.410 e. The highest BCUT2D eigenvalue weighted by Crippen LogP contribution is 2.09. The number of hydrogen-bond donors (Lipinski definition) is 3. The van der Waals surface area contributed by atoms with E-state index in [9.17, 15) is 19.7 Å². The van der Waals surface area contributed by atoms with Crippen molar-refractivity contribution >= 4 is 18.0 Å². The summed E-state index contributed by atoms with van der Waals surface area (Å²) in [5.41, 5.74) is 12.2. The van der Waals surface area contributed by atoms with Crippen molar-refractivity contribution in [3.05, 3.63) is 46.0 Å². The van der Waals surface area contributed by atoms with Crippen molar-refractivity contribution in [2.75, 3.05) is 32.7 Å². The van der Waals surface area contributed by atoms with E-state index in [0.29, 0.717) is 45.6 Å². The minimum atomic E-state index is -0.894. The van der Waals surface area contributed by atoms with E-state index in [0.717, 1.165) is 5.56 Å². The summed E-state index contributed by atoms with van der Waals surface area (Å²) in [5, 5.41) is 14.8. The number of nitrogens with two attached hydrogens (primary N) is 2. The molecule has 1 saturated heterocycles. The molecule has 1 aromatic carbocycles. The summed E-state index contributed by atoms with van der Waals surface area (Å²) in [7, 11) is 0. The molecule has 12 nitrogen and oxygen atoms in total. The Morgan fingerprint density at radius 2 is 1.83 bits per heavy atom. The largest absolute Gasteiger partial charge is 0.445 e. The second kappa shape index (κ2) is 11.6. The van der Waals surface area contributed by atoms with E-state index in [4.69, 9.17) is 16.2 Å². The Hall–Kier alpha value is -3.41. The number of nitrogens with zero attached hydrogens (tertiary/aromatic N) is 4. The summed E-state index contributed by atoms with van der Waals surface area (Å²) >= 11 is 0. The van der Waals surface area contributed by atoms with Gasteiger partial charge in [-0.25, -0.2) is 14.9 Å². The monoisotopic (exact) mass is 421 g/mol. The number of carbonyl (C=O) groups is 2. The number of carbonyl (C=O) groups excluding carboxylic acids is 2. The lowest BCUT2D eigenvalue weighted by Gasteiger charge is -2.35. The molecule has 5 N–H and O–H groups in total. The van der Waals surface area contributed by atoms with Crippen LogP contribution >= 0.6 is 0 Å². The van der Waals surface area contributed by atoms with Gasteiger partial charge >= 0.3 is 6.09 Å². The van der Waals surface area contributed by atoms with Crippen LogP contribution < -0.4 is 16.8 Å². The average Bonchev–Trinajstić information content (AvgIpc) is 2.74. The second-order valence-corrected chi connectivity index (χ2v) is 6.75. The van der Waals surface area contributed by atoms with E-state index in [-0.39, 0.29) is 18.5 Å². The molecule has 12 heteroatoms. The van der Waals surface area contributed by atoms with Crippen LogP contribution in [0.5, 0.6) is 0 Å². The van der Waals surface area contributed by atoms with Gasteiger partial charge in [0, 0.05) is 32.7 Å². The molecule has 0 saturated carbocycles. The predicted molar refractivity (Wildman–Crippen MR) is 109 cm³/mol. The molecule has 1 fully saturated rings. The van der Waals surface area contributed by atoms with Crippen molar-refractivity contribution in [2.45, 2.75) is 25.5 Å². The van der Waals surface area contributed by atoms with E-state index in [1.54, 1.807) is 9.80 Å². The second-order valence-electron chi connectivity index (χ2n) is 6.75. The molecule has 1 aromatic rings. The maximum atomic E-state index is 12.5. The standard InChI is InChI=1S/C18H27N7O5/c19-15(7-4-8-21-17(20)22-25(28)29)16(26)23-9-11-24(12-10-23)18(27)30-13-14-5-2-1-3-6-14/h1-3,5-6,15H,4,7-13,19H2,(H3,20,21,22)/t15-/m0/s1. The number of hydrazone groups is 1. The van der Waals surface area contributed by atoms with Gasteiger partial charge in [-0.3, -0.25) is 4.79 Å². The molecule has 1 heterocycles. The van der Waals surface area contributed by atoms with Crippen LogP contribution in [0.15, 0.2) is 35.4 Å². The minimum absolute atomic E-state index is 0.195. The highest BCUT2D eigenvalue weighted by Gasteiger charge is 2.27. The quantitative estimate of drug-likeness (QED) is 0.168. The number of piperazine rings is 1. The number of guanidine groups is 1. The highest BCUT2D eigenvalue weighted by molar-refractivity contribution is 5.82. The summed E-state index contributed by atoms with van der Waals surface area (Å²) in [6.45, 7) is 2.03. The average molecular weight is 421 g/mol. The number of hydrogen-bond acceptors (Lipinski definition) is 6. The molecule has 0 aromatic heterocycles. The van der Waals surface area contributed by atoms with Crippen molar-refractivity contribution in [1.82, 2.24) is 15.1 Å². The zero-order valence-corrected chi connectivity index (χ0v) is 16.6. The summed E-state index contributed by atoms with van der Waals surface area (Å²) in [6, 6.07) is 8.71. The molecule has 1 atom stereocenters. The lowest BCUT2D eigenvalue weighted by Crippen LogP contribution is -2.54. The summed E-state index contributed by atoms with van der Waals surface area (Å²) in [6.07, 6.45) is 0.471. The Bertz CT molecular complexity index is 751. The van der Waals surface area contributed by atoms with Crippen molar-refractivity contribution in [3.63, 3.8) is 0 Å². The van der Waals surface area contributed by atoms with Gasteiger partial charge in [0.25, 0.3) is 5.96 Å². The molecule has 30 heavy (non-hydrogen) atoms. The van der Waals surface area contributed by atoms with Gasteiger partial charge in [0.05, 0.1) is 6.04 Å². The SMILES string of the molecule is N/C(=N\[N+](=O)[O-])NCCC[C@H](N)C(=O)N1CCN(C(=O)OCc2ccccc2)CC1. The van der Waals surface area contributed by atoms with Crippen molar-refractivity contribution < 1.29 is 19.4 Å². The Balaban J connectivity index is 1.66.